The maximum absolute atomic E-state index is 13.1. The number of hydrogen-bond donors (Lipinski definition) is 0. The van der Waals surface area contributed by atoms with E-state index in [-0.39, 0.29) is 19.8 Å². The van der Waals surface area contributed by atoms with Crippen molar-refractivity contribution in [1.29, 1.82) is 0 Å². The maximum Gasteiger partial charge on any atom is 0.338 e. The molecule has 0 spiro atoms. The molecule has 1 aliphatic heterocycles. The average molecular weight is 477 g/mol. The van der Waals surface area contributed by atoms with E-state index < -0.39 is 35.8 Å². The highest BCUT2D eigenvalue weighted by Crippen LogP contribution is 2.31. The molecule has 35 heavy (non-hydrogen) atoms. The molecule has 0 bridgehead atoms. The molecule has 0 aliphatic carbocycles. The van der Waals surface area contributed by atoms with E-state index in [1.165, 1.54) is 10.8 Å². The van der Waals surface area contributed by atoms with E-state index in [2.05, 4.69) is 10.0 Å². The number of ether oxygens (including phenoxy) is 3. The lowest BCUT2D eigenvalue weighted by molar-refractivity contribution is -0.0277. The van der Waals surface area contributed by atoms with Crippen LogP contribution in [0.1, 0.15) is 34.1 Å². The first-order valence-electron chi connectivity index (χ1n) is 10.9. The molecule has 3 aromatic rings. The van der Waals surface area contributed by atoms with E-state index in [0.717, 1.165) is 10.1 Å². The Bertz CT molecular complexity index is 1350. The zero-order chi connectivity index (χ0) is 24.8. The number of aryl methyl sites for hydroxylation is 1. The Kier molecular flexibility index (Phi) is 7.41. The largest absolute Gasteiger partial charge is 0.456 e. The summed E-state index contributed by atoms with van der Waals surface area (Å²) in [6, 6.07) is 17.7. The van der Waals surface area contributed by atoms with Gasteiger partial charge in [-0.1, -0.05) is 53.6 Å². The molecule has 0 amide bonds. The molecular weight excluding hydrogens is 454 g/mol. The Morgan fingerprint density at radius 1 is 1.14 bits per heavy atom. The molecule has 0 radical (unpaired) electrons. The quantitative estimate of drug-likeness (QED) is 0.211. The first-order valence-corrected chi connectivity index (χ1v) is 10.9. The van der Waals surface area contributed by atoms with Crippen molar-refractivity contribution >= 4 is 5.97 Å². The number of hydrogen-bond acceptors (Lipinski definition) is 7. The van der Waals surface area contributed by atoms with Gasteiger partial charge < -0.3 is 14.2 Å². The Hall–Kier alpha value is -4.18. The van der Waals surface area contributed by atoms with Crippen molar-refractivity contribution in [2.45, 2.75) is 45.2 Å². The smallest absolute Gasteiger partial charge is 0.338 e. The highest BCUT2D eigenvalue weighted by atomic mass is 16.6. The Labute approximate surface area is 199 Å². The molecule has 0 N–H and O–H groups in total. The van der Waals surface area contributed by atoms with Gasteiger partial charge in [0.1, 0.15) is 19.1 Å². The molecule has 1 saturated heterocycles. The van der Waals surface area contributed by atoms with Crippen molar-refractivity contribution in [2.75, 3.05) is 0 Å². The molecule has 4 rings (SSSR count). The van der Waals surface area contributed by atoms with Gasteiger partial charge in [0.15, 0.2) is 6.23 Å². The Balaban J connectivity index is 1.54. The normalized spacial score (nSPS) is 19.2. The number of nitrogens with zero attached hydrogens (tertiary/aromatic N) is 5. The van der Waals surface area contributed by atoms with Crippen LogP contribution in [0.3, 0.4) is 0 Å². The van der Waals surface area contributed by atoms with Gasteiger partial charge in [0.2, 0.25) is 0 Å². The fourth-order valence-corrected chi connectivity index (χ4v) is 3.74. The number of benzene rings is 2. The van der Waals surface area contributed by atoms with Crippen molar-refractivity contribution in [1.82, 2.24) is 9.13 Å². The van der Waals surface area contributed by atoms with Gasteiger partial charge in [-0.15, -0.1) is 0 Å². The summed E-state index contributed by atoms with van der Waals surface area (Å²) in [4.78, 5) is 41.0. The topological polar surface area (TPSA) is 138 Å². The number of rotatable bonds is 8. The summed E-state index contributed by atoms with van der Waals surface area (Å²) >= 11 is 0. The standard InChI is InChI=1S/C24H23N5O6/c1-16-13-28(24(32)29(22(16)30)15-33-14-17-8-4-2-5-9-17)20-12-19(21(35-20)26-27-25)34-23(31)18-10-6-3-7-11-18/h2-11,13,19-21H,12,14-15H2,1H3/t19-,20+,21-/m0/s1. The van der Waals surface area contributed by atoms with Gasteiger partial charge >= 0.3 is 11.7 Å². The van der Waals surface area contributed by atoms with Crippen LogP contribution < -0.4 is 11.2 Å². The van der Waals surface area contributed by atoms with Crippen molar-refractivity contribution in [3.63, 3.8) is 0 Å². The molecule has 1 aliphatic rings. The second-order valence-electron chi connectivity index (χ2n) is 7.93. The molecule has 0 saturated carbocycles. The minimum atomic E-state index is -1.14. The average Bonchev–Trinajstić information content (AvgIpc) is 3.26. The second kappa shape index (κ2) is 10.8. The van der Waals surface area contributed by atoms with Crippen LogP contribution in [0.4, 0.5) is 0 Å². The summed E-state index contributed by atoms with van der Waals surface area (Å²) in [6.45, 7) is 1.53. The van der Waals surface area contributed by atoms with Crippen LogP contribution in [0.2, 0.25) is 0 Å². The fourth-order valence-electron chi connectivity index (χ4n) is 3.74. The fraction of sp³-hybridized carbons (Fsp3) is 0.292. The van der Waals surface area contributed by atoms with Crippen LogP contribution in [0.25, 0.3) is 10.4 Å². The SMILES string of the molecule is Cc1cn([C@H]2C[C@H](OC(=O)c3ccccc3)[C@@H](N=[N+]=[N-])O2)c(=O)n(COCc2ccccc2)c1=O. The van der Waals surface area contributed by atoms with Gasteiger partial charge in [0.05, 0.1) is 12.2 Å². The molecule has 2 aromatic carbocycles. The number of carbonyl (C=O) groups excluding carboxylic acids is 1. The van der Waals surface area contributed by atoms with Gasteiger partial charge in [-0.2, -0.15) is 0 Å². The summed E-state index contributed by atoms with van der Waals surface area (Å²) in [5, 5.41) is 3.58. The molecule has 180 valence electrons. The summed E-state index contributed by atoms with van der Waals surface area (Å²) in [6.07, 6.45) is -1.57. The summed E-state index contributed by atoms with van der Waals surface area (Å²) < 4.78 is 19.0. The first-order chi connectivity index (χ1) is 17.0. The molecule has 2 heterocycles. The molecule has 3 atom stereocenters. The minimum absolute atomic E-state index is 0.0463. The predicted molar refractivity (Wildman–Crippen MR) is 124 cm³/mol. The van der Waals surface area contributed by atoms with Crippen LogP contribution >= 0.6 is 0 Å². The third kappa shape index (κ3) is 5.49. The molecule has 1 fully saturated rings. The number of esters is 1. The summed E-state index contributed by atoms with van der Waals surface area (Å²) in [7, 11) is 0. The van der Waals surface area contributed by atoms with Gasteiger partial charge in [-0.05, 0) is 30.2 Å². The predicted octanol–water partition coefficient (Wildman–Crippen LogP) is 3.27. The van der Waals surface area contributed by atoms with Crippen LogP contribution in [0, 0.1) is 6.92 Å². The second-order valence-corrected chi connectivity index (χ2v) is 7.93. The summed E-state index contributed by atoms with van der Waals surface area (Å²) in [5.41, 5.74) is 9.30. The zero-order valence-electron chi connectivity index (χ0n) is 18.9. The van der Waals surface area contributed by atoms with E-state index in [4.69, 9.17) is 19.7 Å². The lowest BCUT2D eigenvalue weighted by Crippen LogP contribution is -2.42. The van der Waals surface area contributed by atoms with Crippen LogP contribution in [-0.2, 0) is 27.5 Å². The summed E-state index contributed by atoms with van der Waals surface area (Å²) in [5.74, 6) is -0.610. The molecular formula is C24H23N5O6. The molecule has 0 unspecified atom stereocenters. The van der Waals surface area contributed by atoms with Gasteiger partial charge in [0, 0.05) is 23.1 Å². The third-order valence-electron chi connectivity index (χ3n) is 5.49. The lowest BCUT2D eigenvalue weighted by Gasteiger charge is -2.17. The van der Waals surface area contributed by atoms with Crippen LogP contribution in [0.15, 0.2) is 81.6 Å². The van der Waals surface area contributed by atoms with E-state index in [1.54, 1.807) is 37.3 Å². The first kappa shape index (κ1) is 24.0. The molecule has 1 aromatic heterocycles. The van der Waals surface area contributed by atoms with Gasteiger partial charge in [-0.3, -0.25) is 9.36 Å². The van der Waals surface area contributed by atoms with Gasteiger partial charge in [0.25, 0.3) is 5.56 Å². The Morgan fingerprint density at radius 3 is 2.51 bits per heavy atom. The molecule has 11 nitrogen and oxygen atoms in total. The van der Waals surface area contributed by atoms with Crippen molar-refractivity contribution in [3.8, 4) is 0 Å². The maximum atomic E-state index is 13.1. The number of azide groups is 1. The monoisotopic (exact) mass is 477 g/mol. The van der Waals surface area contributed by atoms with E-state index in [1.807, 2.05) is 30.3 Å². The van der Waals surface area contributed by atoms with Crippen LogP contribution in [-0.4, -0.2) is 27.4 Å². The Morgan fingerprint density at radius 2 is 1.83 bits per heavy atom. The third-order valence-corrected chi connectivity index (χ3v) is 5.49. The van der Waals surface area contributed by atoms with E-state index in [9.17, 15) is 14.4 Å². The van der Waals surface area contributed by atoms with Crippen molar-refractivity contribution in [2.24, 2.45) is 5.11 Å². The van der Waals surface area contributed by atoms with E-state index >= 15 is 0 Å². The van der Waals surface area contributed by atoms with Gasteiger partial charge in [-0.25, -0.2) is 14.2 Å². The highest BCUT2D eigenvalue weighted by Gasteiger charge is 2.39. The molecule has 11 heteroatoms. The van der Waals surface area contributed by atoms with E-state index in [0.29, 0.717) is 11.1 Å². The number of carbonyl (C=O) groups is 1. The zero-order valence-corrected chi connectivity index (χ0v) is 18.9. The van der Waals surface area contributed by atoms with Crippen molar-refractivity contribution in [3.05, 3.63) is 115 Å². The highest BCUT2D eigenvalue weighted by molar-refractivity contribution is 5.89. The van der Waals surface area contributed by atoms with Crippen LogP contribution in [0.5, 0.6) is 0 Å². The van der Waals surface area contributed by atoms with Crippen molar-refractivity contribution < 1.29 is 19.0 Å². The lowest BCUT2D eigenvalue weighted by atomic mass is 10.2. The number of aromatic nitrogens is 2. The minimum Gasteiger partial charge on any atom is -0.456 e.